The summed E-state index contributed by atoms with van der Waals surface area (Å²) in [4.78, 5) is 23.2. The molecule has 5 saturated heterocycles. The van der Waals surface area contributed by atoms with Crippen molar-refractivity contribution < 1.29 is 53.9 Å². The van der Waals surface area contributed by atoms with E-state index in [1.807, 2.05) is 6.92 Å². The summed E-state index contributed by atoms with van der Waals surface area (Å²) in [7, 11) is 0. The molecule has 4 N–H and O–H groups in total. The summed E-state index contributed by atoms with van der Waals surface area (Å²) in [6, 6.07) is 0. The monoisotopic (exact) mass is 460 g/mol. The third-order valence-electron chi connectivity index (χ3n) is 8.18. The average molecular weight is 460 g/mol. The van der Waals surface area contributed by atoms with E-state index < -0.39 is 60.6 Å². The van der Waals surface area contributed by atoms with Crippen molar-refractivity contribution in [1.82, 2.24) is 0 Å². The molecule has 32 heavy (non-hydrogen) atoms. The van der Waals surface area contributed by atoms with Crippen LogP contribution >= 0.6 is 0 Å². The van der Waals surface area contributed by atoms with Gasteiger partial charge in [0.25, 0.3) is 0 Å². The molecular weight excluding hydrogens is 428 g/mol. The summed E-state index contributed by atoms with van der Waals surface area (Å²) in [5.41, 5.74) is -0.793. The maximum Gasteiger partial charge on any atom is 0.335 e. The molecule has 0 aromatic heterocycles. The minimum absolute atomic E-state index is 0.0402. The van der Waals surface area contributed by atoms with Gasteiger partial charge in [-0.1, -0.05) is 13.8 Å². The number of carboxylic acid groups (broad SMARTS) is 1. The quantitative estimate of drug-likeness (QED) is 0.424. The highest BCUT2D eigenvalue weighted by atomic mass is 17.3. The lowest BCUT2D eigenvalue weighted by molar-refractivity contribution is -0.579. The fourth-order valence-electron chi connectivity index (χ4n) is 6.32. The summed E-state index contributed by atoms with van der Waals surface area (Å²) >= 11 is 0. The topological polar surface area (TPSA) is 153 Å². The molecule has 1 spiro atoms. The Morgan fingerprint density at radius 2 is 1.69 bits per heavy atom. The molecule has 6 rings (SSSR count). The van der Waals surface area contributed by atoms with Gasteiger partial charge in [-0.15, -0.1) is 0 Å². The number of aliphatic hydroxyl groups excluding tert-OH is 3. The summed E-state index contributed by atoms with van der Waals surface area (Å²) in [6.45, 7) is 5.94. The molecule has 11 heteroatoms. The van der Waals surface area contributed by atoms with Gasteiger partial charge in [0.05, 0.1) is 0 Å². The zero-order valence-corrected chi connectivity index (χ0v) is 18.3. The van der Waals surface area contributed by atoms with Gasteiger partial charge in [0.1, 0.15) is 18.3 Å². The molecule has 5 heterocycles. The molecule has 6 fully saturated rings. The SMILES string of the molecule is C[C@@H]1CC[C@H]2[C@@H](C)C(OC3O[C@H](C(=O)O)[C@@H](O)[C@H](O)[C@H]3O)O[C@@H]3O[C@@]4(C)CC[C@@H]1[C@]32OO4. The number of rotatable bonds is 3. The summed E-state index contributed by atoms with van der Waals surface area (Å²) in [6.07, 6.45) is -6.80. The molecule has 0 amide bonds. The second-order valence-corrected chi connectivity index (χ2v) is 10.1. The Kier molecular flexibility index (Phi) is 5.59. The Balaban J connectivity index is 1.41. The third-order valence-corrected chi connectivity index (χ3v) is 8.18. The third kappa shape index (κ3) is 3.25. The van der Waals surface area contributed by atoms with Gasteiger partial charge in [-0.3, -0.25) is 0 Å². The predicted octanol–water partition coefficient (Wildman–Crippen LogP) is 0.103. The van der Waals surface area contributed by atoms with Crippen molar-refractivity contribution in [3.8, 4) is 0 Å². The molecule has 182 valence electrons. The molecule has 13 atom stereocenters. The standard InChI is InChI=1S/C21H32O11/c1-8-4-5-11-9(2)17(28-18-14(24)12(22)13(23)15(27-18)16(25)26)29-19-21(11)10(8)6-7-20(3,30-19)31-32-21/h8-15,17-19,22-24H,4-7H2,1-3H3,(H,25,26)/t8-,9-,10+,11+,12+,13+,14-,15+,17?,18?,19-,20-,21-/m1/s1. The fraction of sp³-hybridized carbons (Fsp3) is 0.952. The van der Waals surface area contributed by atoms with Crippen LogP contribution in [0.3, 0.4) is 0 Å². The minimum atomic E-state index is -1.79. The molecule has 2 bridgehead atoms. The summed E-state index contributed by atoms with van der Waals surface area (Å²) in [5, 5.41) is 39.7. The fourth-order valence-corrected chi connectivity index (χ4v) is 6.32. The molecule has 1 saturated carbocycles. The molecule has 6 aliphatic rings. The van der Waals surface area contributed by atoms with Crippen molar-refractivity contribution in [1.29, 1.82) is 0 Å². The zero-order chi connectivity index (χ0) is 23.0. The molecule has 0 aromatic rings. The Morgan fingerprint density at radius 1 is 0.938 bits per heavy atom. The minimum Gasteiger partial charge on any atom is -0.479 e. The highest BCUT2D eigenvalue weighted by molar-refractivity contribution is 5.73. The van der Waals surface area contributed by atoms with Gasteiger partial charge in [-0.05, 0) is 38.0 Å². The highest BCUT2D eigenvalue weighted by Gasteiger charge is 2.69. The second-order valence-electron chi connectivity index (χ2n) is 10.1. The lowest BCUT2D eigenvalue weighted by Crippen LogP contribution is -2.71. The van der Waals surface area contributed by atoms with Crippen LogP contribution in [0.2, 0.25) is 0 Å². The van der Waals surface area contributed by atoms with Crippen LogP contribution in [0.25, 0.3) is 0 Å². The Bertz CT molecular complexity index is 749. The van der Waals surface area contributed by atoms with E-state index in [-0.39, 0.29) is 17.8 Å². The van der Waals surface area contributed by atoms with Gasteiger partial charge in [0.2, 0.25) is 5.79 Å². The van der Waals surface area contributed by atoms with Crippen LogP contribution < -0.4 is 0 Å². The van der Waals surface area contributed by atoms with Crippen LogP contribution in [0.4, 0.5) is 0 Å². The van der Waals surface area contributed by atoms with Gasteiger partial charge in [-0.25, -0.2) is 14.6 Å². The smallest absolute Gasteiger partial charge is 0.335 e. The summed E-state index contributed by atoms with van der Waals surface area (Å²) < 4.78 is 23.7. The number of fused-ring (bicyclic) bond motifs is 2. The van der Waals surface area contributed by atoms with Crippen LogP contribution in [0, 0.1) is 23.7 Å². The maximum absolute atomic E-state index is 11.4. The highest BCUT2D eigenvalue weighted by Crippen LogP contribution is 2.60. The number of carboxylic acids is 1. The van der Waals surface area contributed by atoms with Gasteiger partial charge in [0.15, 0.2) is 30.6 Å². The normalized spacial score (nSPS) is 57.5. The first kappa shape index (κ1) is 22.9. The molecule has 2 unspecified atom stereocenters. The van der Waals surface area contributed by atoms with Crippen LogP contribution in [0.5, 0.6) is 0 Å². The van der Waals surface area contributed by atoms with Gasteiger partial charge in [-0.2, -0.15) is 0 Å². The van der Waals surface area contributed by atoms with Crippen LogP contribution in [-0.4, -0.2) is 81.1 Å². The van der Waals surface area contributed by atoms with Crippen molar-refractivity contribution in [3.63, 3.8) is 0 Å². The number of hydrogen-bond acceptors (Lipinski definition) is 10. The van der Waals surface area contributed by atoms with E-state index in [4.69, 9.17) is 28.7 Å². The largest absolute Gasteiger partial charge is 0.479 e. The molecule has 0 aromatic carbocycles. The second kappa shape index (κ2) is 7.82. The Labute approximate surface area is 185 Å². The van der Waals surface area contributed by atoms with Gasteiger partial charge in [0, 0.05) is 18.3 Å². The number of carbonyl (C=O) groups is 1. The van der Waals surface area contributed by atoms with E-state index in [1.165, 1.54) is 0 Å². The lowest BCUT2D eigenvalue weighted by atomic mass is 9.58. The lowest BCUT2D eigenvalue weighted by Gasteiger charge is -2.60. The van der Waals surface area contributed by atoms with Crippen molar-refractivity contribution in [2.45, 2.75) is 101 Å². The Hall–Kier alpha value is -0.890. The molecule has 5 aliphatic heterocycles. The van der Waals surface area contributed by atoms with Gasteiger partial charge < -0.3 is 39.4 Å². The predicted molar refractivity (Wildman–Crippen MR) is 102 cm³/mol. The first-order valence-corrected chi connectivity index (χ1v) is 11.4. The van der Waals surface area contributed by atoms with Crippen molar-refractivity contribution in [3.05, 3.63) is 0 Å². The molecule has 0 radical (unpaired) electrons. The zero-order valence-electron chi connectivity index (χ0n) is 18.3. The Morgan fingerprint density at radius 3 is 2.41 bits per heavy atom. The number of ether oxygens (including phenoxy) is 4. The van der Waals surface area contributed by atoms with E-state index >= 15 is 0 Å². The van der Waals surface area contributed by atoms with Gasteiger partial charge >= 0.3 is 5.97 Å². The van der Waals surface area contributed by atoms with Crippen molar-refractivity contribution >= 4 is 5.97 Å². The van der Waals surface area contributed by atoms with Crippen LogP contribution in [-0.2, 0) is 33.5 Å². The van der Waals surface area contributed by atoms with E-state index in [2.05, 4.69) is 6.92 Å². The van der Waals surface area contributed by atoms with Crippen LogP contribution in [0.1, 0.15) is 46.5 Å². The first-order chi connectivity index (χ1) is 15.1. The average Bonchev–Trinajstić information content (AvgIpc) is 2.97. The van der Waals surface area contributed by atoms with Crippen molar-refractivity contribution in [2.75, 3.05) is 0 Å². The van der Waals surface area contributed by atoms with E-state index in [9.17, 15) is 25.2 Å². The van der Waals surface area contributed by atoms with Crippen LogP contribution in [0.15, 0.2) is 0 Å². The summed E-state index contributed by atoms with van der Waals surface area (Å²) in [5.74, 6) is -2.14. The van der Waals surface area contributed by atoms with E-state index in [0.717, 1.165) is 19.3 Å². The molecular formula is C21H32O11. The number of aliphatic hydroxyl groups is 3. The van der Waals surface area contributed by atoms with E-state index in [1.54, 1.807) is 6.92 Å². The number of aliphatic carboxylic acids is 1. The van der Waals surface area contributed by atoms with Crippen molar-refractivity contribution in [2.24, 2.45) is 23.7 Å². The molecule has 1 aliphatic carbocycles. The maximum atomic E-state index is 11.4. The number of hydrogen-bond donors (Lipinski definition) is 4. The first-order valence-electron chi connectivity index (χ1n) is 11.4. The van der Waals surface area contributed by atoms with E-state index in [0.29, 0.717) is 12.3 Å². The molecule has 11 nitrogen and oxygen atoms in total.